The van der Waals surface area contributed by atoms with Crippen LogP contribution >= 0.6 is 27.7 Å². The van der Waals surface area contributed by atoms with Gasteiger partial charge in [-0.15, -0.1) is 11.8 Å². The molecule has 0 unspecified atom stereocenters. The maximum absolute atomic E-state index is 5.50. The minimum absolute atomic E-state index is 0.334. The number of anilines is 1. The van der Waals surface area contributed by atoms with E-state index in [4.69, 9.17) is 5.73 Å². The number of hydrogen-bond acceptors (Lipinski definition) is 4. The average Bonchev–Trinajstić information content (AvgIpc) is 2.10. The standard InChI is InChI=1S/C9H14BrN3S/c1-6(2)3-4-14-8-7(10)5-12-9(11)13-8/h5-6H,3-4H2,1-2H3,(H2,11,12,13). The molecule has 1 aromatic heterocycles. The highest BCUT2D eigenvalue weighted by Crippen LogP contribution is 2.26. The topological polar surface area (TPSA) is 51.8 Å². The van der Waals surface area contributed by atoms with Crippen LogP contribution in [0.3, 0.4) is 0 Å². The summed E-state index contributed by atoms with van der Waals surface area (Å²) in [7, 11) is 0. The molecule has 0 aliphatic carbocycles. The molecule has 14 heavy (non-hydrogen) atoms. The lowest BCUT2D eigenvalue weighted by Gasteiger charge is -2.05. The fraction of sp³-hybridized carbons (Fsp3) is 0.556. The first kappa shape index (κ1) is 11.8. The van der Waals surface area contributed by atoms with Crippen molar-refractivity contribution < 1.29 is 0 Å². The number of rotatable bonds is 4. The average molecular weight is 276 g/mol. The van der Waals surface area contributed by atoms with Crippen molar-refractivity contribution in [1.29, 1.82) is 0 Å². The van der Waals surface area contributed by atoms with Crippen LogP contribution in [0.15, 0.2) is 15.7 Å². The van der Waals surface area contributed by atoms with Gasteiger partial charge in [0.1, 0.15) is 5.03 Å². The van der Waals surface area contributed by atoms with Crippen LogP contribution in [0.4, 0.5) is 5.95 Å². The van der Waals surface area contributed by atoms with Crippen LogP contribution in [0.1, 0.15) is 20.3 Å². The molecule has 0 aliphatic rings. The SMILES string of the molecule is CC(C)CCSc1nc(N)ncc1Br. The van der Waals surface area contributed by atoms with Gasteiger partial charge in [-0.2, -0.15) is 0 Å². The van der Waals surface area contributed by atoms with Gasteiger partial charge in [0, 0.05) is 6.20 Å². The third kappa shape index (κ3) is 3.84. The van der Waals surface area contributed by atoms with Gasteiger partial charge >= 0.3 is 0 Å². The molecule has 0 saturated heterocycles. The van der Waals surface area contributed by atoms with E-state index in [1.807, 2.05) is 0 Å². The van der Waals surface area contributed by atoms with Gasteiger partial charge in [-0.1, -0.05) is 13.8 Å². The second-order valence-corrected chi connectivity index (χ2v) is 5.35. The zero-order valence-corrected chi connectivity index (χ0v) is 10.7. The van der Waals surface area contributed by atoms with E-state index in [9.17, 15) is 0 Å². The first-order valence-corrected chi connectivity index (χ1v) is 6.28. The van der Waals surface area contributed by atoms with E-state index in [0.717, 1.165) is 21.2 Å². The van der Waals surface area contributed by atoms with Crippen LogP contribution in [-0.4, -0.2) is 15.7 Å². The lowest BCUT2D eigenvalue weighted by atomic mass is 10.2. The smallest absolute Gasteiger partial charge is 0.221 e. The number of halogens is 1. The van der Waals surface area contributed by atoms with E-state index in [1.165, 1.54) is 6.42 Å². The Hall–Kier alpha value is -0.290. The van der Waals surface area contributed by atoms with Crippen LogP contribution in [0.25, 0.3) is 0 Å². The molecule has 2 N–H and O–H groups in total. The summed E-state index contributed by atoms with van der Waals surface area (Å²) in [5.41, 5.74) is 5.50. The first-order valence-electron chi connectivity index (χ1n) is 4.50. The fourth-order valence-corrected chi connectivity index (χ4v) is 2.52. The Morgan fingerprint density at radius 3 is 2.93 bits per heavy atom. The van der Waals surface area contributed by atoms with E-state index in [2.05, 4.69) is 39.7 Å². The highest BCUT2D eigenvalue weighted by Gasteiger charge is 2.04. The molecule has 0 atom stereocenters. The van der Waals surface area contributed by atoms with Crippen LogP contribution in [0.2, 0.25) is 0 Å². The Morgan fingerprint density at radius 2 is 2.29 bits per heavy atom. The summed E-state index contributed by atoms with van der Waals surface area (Å²) in [6.07, 6.45) is 2.88. The highest BCUT2D eigenvalue weighted by atomic mass is 79.9. The van der Waals surface area contributed by atoms with Crippen LogP contribution in [0, 0.1) is 5.92 Å². The molecule has 0 amide bonds. The van der Waals surface area contributed by atoms with Gasteiger partial charge in [0.2, 0.25) is 5.95 Å². The Labute approximate surface area is 97.0 Å². The van der Waals surface area contributed by atoms with Crippen LogP contribution in [-0.2, 0) is 0 Å². The number of hydrogen-bond donors (Lipinski definition) is 1. The molecular weight excluding hydrogens is 262 g/mol. The molecule has 3 nitrogen and oxygen atoms in total. The number of nitrogens with zero attached hydrogens (tertiary/aromatic N) is 2. The molecule has 0 radical (unpaired) electrons. The van der Waals surface area contributed by atoms with Gasteiger partial charge < -0.3 is 5.73 Å². The zero-order chi connectivity index (χ0) is 10.6. The van der Waals surface area contributed by atoms with Gasteiger partial charge in [0.25, 0.3) is 0 Å². The predicted octanol–water partition coefficient (Wildman–Crippen LogP) is 2.96. The number of thioether (sulfide) groups is 1. The molecule has 0 fully saturated rings. The van der Waals surface area contributed by atoms with Crippen molar-refractivity contribution in [3.8, 4) is 0 Å². The Kier molecular flexibility index (Phi) is 4.68. The van der Waals surface area contributed by atoms with Crippen molar-refractivity contribution in [2.45, 2.75) is 25.3 Å². The zero-order valence-electron chi connectivity index (χ0n) is 8.33. The van der Waals surface area contributed by atoms with Crippen molar-refractivity contribution in [3.63, 3.8) is 0 Å². The summed E-state index contributed by atoms with van der Waals surface area (Å²) in [4.78, 5) is 8.04. The molecule has 0 aliphatic heterocycles. The van der Waals surface area contributed by atoms with E-state index < -0.39 is 0 Å². The maximum atomic E-state index is 5.50. The molecule has 0 spiro atoms. The van der Waals surface area contributed by atoms with Gasteiger partial charge in [0.15, 0.2) is 0 Å². The van der Waals surface area contributed by atoms with Crippen molar-refractivity contribution in [3.05, 3.63) is 10.7 Å². The summed E-state index contributed by atoms with van der Waals surface area (Å²) in [5.74, 6) is 2.12. The summed E-state index contributed by atoms with van der Waals surface area (Å²) in [5, 5.41) is 0.929. The third-order valence-electron chi connectivity index (χ3n) is 1.66. The quantitative estimate of drug-likeness (QED) is 0.678. The summed E-state index contributed by atoms with van der Waals surface area (Å²) in [6.45, 7) is 4.42. The molecule has 5 heteroatoms. The predicted molar refractivity (Wildman–Crippen MR) is 64.3 cm³/mol. The molecule has 1 rings (SSSR count). The van der Waals surface area contributed by atoms with E-state index >= 15 is 0 Å². The normalized spacial score (nSPS) is 10.9. The number of nitrogens with two attached hydrogens (primary N) is 1. The molecule has 1 heterocycles. The lowest BCUT2D eigenvalue weighted by molar-refractivity contribution is 0.632. The lowest BCUT2D eigenvalue weighted by Crippen LogP contribution is -1.97. The Morgan fingerprint density at radius 1 is 1.57 bits per heavy atom. The van der Waals surface area contributed by atoms with Crippen molar-refractivity contribution in [2.75, 3.05) is 11.5 Å². The van der Waals surface area contributed by atoms with E-state index in [0.29, 0.717) is 5.95 Å². The molecule has 0 bridgehead atoms. The third-order valence-corrected chi connectivity index (χ3v) is 3.53. The second kappa shape index (κ2) is 5.56. The van der Waals surface area contributed by atoms with Crippen LogP contribution in [0.5, 0.6) is 0 Å². The molecule has 1 aromatic rings. The van der Waals surface area contributed by atoms with Gasteiger partial charge in [0.05, 0.1) is 4.47 Å². The van der Waals surface area contributed by atoms with Gasteiger partial charge in [-0.3, -0.25) is 0 Å². The Bertz CT molecular complexity index is 304. The maximum Gasteiger partial charge on any atom is 0.221 e. The Balaban J connectivity index is 2.53. The fourth-order valence-electron chi connectivity index (χ4n) is 0.857. The molecular formula is C9H14BrN3S. The molecule has 0 aromatic carbocycles. The minimum atomic E-state index is 0.334. The van der Waals surface area contributed by atoms with Crippen molar-refractivity contribution in [1.82, 2.24) is 9.97 Å². The van der Waals surface area contributed by atoms with Crippen molar-refractivity contribution in [2.24, 2.45) is 5.92 Å². The van der Waals surface area contributed by atoms with Gasteiger partial charge in [-0.25, -0.2) is 9.97 Å². The summed E-state index contributed by atoms with van der Waals surface area (Å²) in [6, 6.07) is 0. The molecule has 0 saturated carbocycles. The monoisotopic (exact) mass is 275 g/mol. The molecule has 78 valence electrons. The van der Waals surface area contributed by atoms with E-state index in [-0.39, 0.29) is 0 Å². The summed E-state index contributed by atoms with van der Waals surface area (Å²) >= 11 is 5.11. The summed E-state index contributed by atoms with van der Waals surface area (Å²) < 4.78 is 0.917. The van der Waals surface area contributed by atoms with E-state index in [1.54, 1.807) is 18.0 Å². The second-order valence-electron chi connectivity index (χ2n) is 3.41. The van der Waals surface area contributed by atoms with Gasteiger partial charge in [-0.05, 0) is 34.0 Å². The highest BCUT2D eigenvalue weighted by molar-refractivity contribution is 9.10. The number of aromatic nitrogens is 2. The van der Waals surface area contributed by atoms with Crippen molar-refractivity contribution >= 4 is 33.6 Å². The first-order chi connectivity index (χ1) is 6.59. The largest absolute Gasteiger partial charge is 0.368 e. The minimum Gasteiger partial charge on any atom is -0.368 e. The van der Waals surface area contributed by atoms with Crippen LogP contribution < -0.4 is 5.73 Å². The number of nitrogen functional groups attached to an aromatic ring is 1.